The summed E-state index contributed by atoms with van der Waals surface area (Å²) in [5, 5.41) is 19.9. The van der Waals surface area contributed by atoms with Crippen LogP contribution in [0.1, 0.15) is 55.1 Å². The number of anilines is 3. The quantitative estimate of drug-likeness (QED) is 0.487. The van der Waals surface area contributed by atoms with Gasteiger partial charge in [-0.05, 0) is 47.6 Å². The van der Waals surface area contributed by atoms with Crippen LogP contribution in [0.5, 0.6) is 0 Å². The number of nitrogens with zero attached hydrogens (tertiary/aromatic N) is 4. The first-order valence-electron chi connectivity index (χ1n) is 12.2. The largest absolute Gasteiger partial charge is 0.392 e. The number of aliphatic hydroxyl groups excluding tert-OH is 1. The molecule has 1 aromatic carbocycles. The topological polar surface area (TPSA) is 112 Å². The minimum absolute atomic E-state index is 0.0309. The summed E-state index contributed by atoms with van der Waals surface area (Å²) in [5.41, 5.74) is 2.65. The van der Waals surface area contributed by atoms with Crippen molar-refractivity contribution in [2.75, 3.05) is 23.3 Å². The molecule has 0 bridgehead atoms. The number of hydrogen-bond acceptors (Lipinski definition) is 7. The van der Waals surface area contributed by atoms with E-state index >= 15 is 0 Å². The highest BCUT2D eigenvalue weighted by Crippen LogP contribution is 2.23. The van der Waals surface area contributed by atoms with Crippen LogP contribution in [-0.4, -0.2) is 44.9 Å². The number of aromatic nitrogens is 3. The van der Waals surface area contributed by atoms with Gasteiger partial charge < -0.3 is 20.6 Å². The Balaban J connectivity index is 1.46. The number of hydrogen-bond donors (Lipinski definition) is 3. The van der Waals surface area contributed by atoms with E-state index in [1.165, 1.54) is 10.2 Å². The Hall–Kier alpha value is -3.72. The van der Waals surface area contributed by atoms with E-state index in [-0.39, 0.29) is 29.5 Å². The molecule has 3 N–H and O–H groups in total. The van der Waals surface area contributed by atoms with Gasteiger partial charge in [0, 0.05) is 44.0 Å². The number of pyridine rings is 1. The van der Waals surface area contributed by atoms with E-state index in [0.29, 0.717) is 35.0 Å². The normalized spacial score (nSPS) is 16.0. The predicted molar refractivity (Wildman–Crippen MR) is 141 cm³/mol. The average molecular weight is 491 g/mol. The number of nitrogens with one attached hydrogen (secondary N) is 2. The molecule has 9 nitrogen and oxygen atoms in total. The van der Waals surface area contributed by atoms with Crippen LogP contribution in [0.15, 0.2) is 53.5 Å². The van der Waals surface area contributed by atoms with E-state index in [1.54, 1.807) is 31.4 Å². The fourth-order valence-corrected chi connectivity index (χ4v) is 4.26. The molecular formula is C27H34N6O3. The fraction of sp³-hybridized carbons (Fsp3) is 0.407. The first kappa shape index (κ1) is 25.4. The third-order valence-electron chi connectivity index (χ3n) is 6.41. The first-order valence-corrected chi connectivity index (χ1v) is 12.2. The number of amides is 1. The lowest BCUT2D eigenvalue weighted by molar-refractivity contribution is 0.0933. The van der Waals surface area contributed by atoms with Gasteiger partial charge in [-0.3, -0.25) is 9.59 Å². The summed E-state index contributed by atoms with van der Waals surface area (Å²) >= 11 is 0. The van der Waals surface area contributed by atoms with Crippen LogP contribution < -0.4 is 21.1 Å². The number of rotatable bonds is 6. The average Bonchev–Trinajstić information content (AvgIpc) is 2.87. The molecule has 0 aliphatic carbocycles. The van der Waals surface area contributed by atoms with Crippen molar-refractivity contribution < 1.29 is 9.90 Å². The van der Waals surface area contributed by atoms with Crippen molar-refractivity contribution >= 4 is 23.2 Å². The highest BCUT2D eigenvalue weighted by atomic mass is 16.3. The van der Waals surface area contributed by atoms with E-state index in [9.17, 15) is 14.7 Å². The highest BCUT2D eigenvalue weighted by molar-refractivity contribution is 5.94. The van der Waals surface area contributed by atoms with Crippen LogP contribution in [0.4, 0.5) is 17.3 Å². The summed E-state index contributed by atoms with van der Waals surface area (Å²) in [5.74, 6) is 1.07. The lowest BCUT2D eigenvalue weighted by Crippen LogP contribution is -2.48. The van der Waals surface area contributed by atoms with Crippen molar-refractivity contribution in [3.8, 4) is 0 Å². The Bertz CT molecular complexity index is 1260. The van der Waals surface area contributed by atoms with Gasteiger partial charge in [-0.1, -0.05) is 39.0 Å². The number of aliphatic hydroxyl groups is 1. The molecule has 1 saturated heterocycles. The Kier molecular flexibility index (Phi) is 7.40. The zero-order valence-electron chi connectivity index (χ0n) is 21.3. The first-order chi connectivity index (χ1) is 17.1. The molecule has 1 aliphatic heterocycles. The minimum Gasteiger partial charge on any atom is -0.392 e. The van der Waals surface area contributed by atoms with E-state index in [2.05, 4.69) is 46.4 Å². The molecule has 1 atom stereocenters. The Labute approximate surface area is 211 Å². The van der Waals surface area contributed by atoms with Crippen molar-refractivity contribution in [3.05, 3.63) is 75.7 Å². The summed E-state index contributed by atoms with van der Waals surface area (Å²) in [6.07, 6.45) is 3.33. The van der Waals surface area contributed by atoms with E-state index in [4.69, 9.17) is 0 Å². The van der Waals surface area contributed by atoms with Crippen molar-refractivity contribution in [3.63, 3.8) is 0 Å². The lowest BCUT2D eigenvalue weighted by atomic mass is 9.86. The van der Waals surface area contributed by atoms with Crippen LogP contribution in [0.2, 0.25) is 0 Å². The number of aryl methyl sites for hydroxylation is 1. The van der Waals surface area contributed by atoms with E-state index < -0.39 is 0 Å². The van der Waals surface area contributed by atoms with Crippen molar-refractivity contribution in [2.24, 2.45) is 7.05 Å². The molecule has 1 unspecified atom stereocenters. The number of benzene rings is 1. The van der Waals surface area contributed by atoms with Gasteiger partial charge in [-0.25, -0.2) is 9.67 Å². The fourth-order valence-electron chi connectivity index (χ4n) is 4.26. The molecule has 9 heteroatoms. The van der Waals surface area contributed by atoms with Crippen LogP contribution in [-0.2, 0) is 19.1 Å². The van der Waals surface area contributed by atoms with Crippen molar-refractivity contribution in [1.29, 1.82) is 0 Å². The molecule has 36 heavy (non-hydrogen) atoms. The van der Waals surface area contributed by atoms with Crippen LogP contribution in [0.25, 0.3) is 0 Å². The SMILES string of the molecule is Cn1nc(N2CCCC(NC(=O)c3ccc(C(C)(C)C)cc3)C2)cc(Nc2ccc(CO)cn2)c1=O. The van der Waals surface area contributed by atoms with Gasteiger partial charge in [0.25, 0.3) is 11.5 Å². The second-order valence-electron chi connectivity index (χ2n) is 10.3. The Morgan fingerprint density at radius 2 is 1.92 bits per heavy atom. The van der Waals surface area contributed by atoms with Crippen LogP contribution in [0, 0.1) is 0 Å². The molecule has 0 spiro atoms. The summed E-state index contributed by atoms with van der Waals surface area (Å²) in [4.78, 5) is 31.9. The molecule has 2 aromatic heterocycles. The molecule has 1 aliphatic rings. The molecule has 190 valence electrons. The molecule has 4 rings (SSSR count). The molecule has 1 amide bonds. The minimum atomic E-state index is -0.271. The molecule has 0 saturated carbocycles. The van der Waals surface area contributed by atoms with Crippen molar-refractivity contribution in [2.45, 2.75) is 51.7 Å². The monoisotopic (exact) mass is 490 g/mol. The maximum Gasteiger partial charge on any atom is 0.290 e. The lowest BCUT2D eigenvalue weighted by Gasteiger charge is -2.34. The van der Waals surface area contributed by atoms with Gasteiger partial charge in [0.05, 0.1) is 6.61 Å². The second-order valence-corrected chi connectivity index (χ2v) is 10.3. The smallest absolute Gasteiger partial charge is 0.290 e. The van der Waals surface area contributed by atoms with Gasteiger partial charge in [-0.15, -0.1) is 0 Å². The van der Waals surface area contributed by atoms with Gasteiger partial charge in [0.1, 0.15) is 11.5 Å². The second kappa shape index (κ2) is 10.5. The maximum absolute atomic E-state index is 12.9. The predicted octanol–water partition coefficient (Wildman–Crippen LogP) is 3.11. The maximum atomic E-state index is 12.9. The van der Waals surface area contributed by atoms with Crippen LogP contribution >= 0.6 is 0 Å². The van der Waals surface area contributed by atoms with Gasteiger partial charge in [0.2, 0.25) is 0 Å². The number of carbonyl (C=O) groups is 1. The number of carbonyl (C=O) groups excluding carboxylic acids is 1. The zero-order valence-corrected chi connectivity index (χ0v) is 21.3. The van der Waals surface area contributed by atoms with Crippen LogP contribution in [0.3, 0.4) is 0 Å². The summed E-state index contributed by atoms with van der Waals surface area (Å²) in [6, 6.07) is 12.9. The zero-order chi connectivity index (χ0) is 25.9. The Morgan fingerprint density at radius 3 is 2.56 bits per heavy atom. The summed E-state index contributed by atoms with van der Waals surface area (Å²) in [7, 11) is 1.61. The molecule has 3 aromatic rings. The molecule has 3 heterocycles. The van der Waals surface area contributed by atoms with Gasteiger partial charge in [-0.2, -0.15) is 5.10 Å². The van der Waals surface area contributed by atoms with Crippen molar-refractivity contribution in [1.82, 2.24) is 20.1 Å². The molecule has 1 fully saturated rings. The van der Waals surface area contributed by atoms with E-state index in [1.807, 2.05) is 24.3 Å². The molecule has 0 radical (unpaired) electrons. The third kappa shape index (κ3) is 5.91. The standard InChI is InChI=1S/C27H34N6O3/c1-27(2,3)20-10-8-19(9-11-20)25(35)29-21-6-5-13-33(16-21)24-14-22(26(36)32(4)31-24)30-23-12-7-18(17-34)15-28-23/h7-12,14-15,21,34H,5-6,13,16-17H2,1-4H3,(H,28,30)(H,29,35). The summed E-state index contributed by atoms with van der Waals surface area (Å²) < 4.78 is 1.30. The van der Waals surface area contributed by atoms with Gasteiger partial charge in [0.15, 0.2) is 5.82 Å². The van der Waals surface area contributed by atoms with E-state index in [0.717, 1.165) is 19.4 Å². The number of piperidine rings is 1. The Morgan fingerprint density at radius 1 is 1.17 bits per heavy atom. The third-order valence-corrected chi connectivity index (χ3v) is 6.41. The van der Waals surface area contributed by atoms with Gasteiger partial charge >= 0.3 is 0 Å². The molecular weight excluding hydrogens is 456 g/mol. The summed E-state index contributed by atoms with van der Waals surface area (Å²) in [6.45, 7) is 7.73. The highest BCUT2D eigenvalue weighted by Gasteiger charge is 2.24.